The molecule has 0 radical (unpaired) electrons. The predicted octanol–water partition coefficient (Wildman–Crippen LogP) is 2.05. The summed E-state index contributed by atoms with van der Waals surface area (Å²) in [6.07, 6.45) is 5.43. The van der Waals surface area contributed by atoms with Crippen molar-refractivity contribution in [3.05, 3.63) is 18.5 Å². The lowest BCUT2D eigenvalue weighted by molar-refractivity contribution is -0.0520. The van der Waals surface area contributed by atoms with E-state index >= 15 is 0 Å². The Morgan fingerprint density at radius 2 is 2.26 bits per heavy atom. The first-order chi connectivity index (χ1) is 10.9. The molecular weight excluding hydrogens is 294 g/mol. The van der Waals surface area contributed by atoms with Crippen LogP contribution in [0.1, 0.15) is 26.7 Å². The fraction of sp³-hybridized carbons (Fsp3) is 0.562. The average molecular weight is 315 g/mol. The number of fused-ring (bicyclic) bond motifs is 2. The van der Waals surface area contributed by atoms with Gasteiger partial charge in [0, 0.05) is 19.8 Å². The lowest BCUT2D eigenvalue weighted by Gasteiger charge is -2.35. The molecule has 7 heteroatoms. The van der Waals surface area contributed by atoms with Gasteiger partial charge in [-0.2, -0.15) is 5.10 Å². The van der Waals surface area contributed by atoms with E-state index in [1.54, 1.807) is 23.1 Å². The van der Waals surface area contributed by atoms with Crippen LogP contribution in [-0.2, 0) is 11.8 Å². The van der Waals surface area contributed by atoms with Crippen LogP contribution in [0.15, 0.2) is 18.5 Å². The summed E-state index contributed by atoms with van der Waals surface area (Å²) in [5, 5.41) is 10.8. The van der Waals surface area contributed by atoms with Crippen molar-refractivity contribution in [2.24, 2.45) is 13.0 Å². The fourth-order valence-corrected chi connectivity index (χ4v) is 3.80. The van der Waals surface area contributed by atoms with Crippen molar-refractivity contribution in [1.82, 2.24) is 20.1 Å². The van der Waals surface area contributed by atoms with Gasteiger partial charge >= 0.3 is 6.03 Å². The molecule has 122 valence electrons. The van der Waals surface area contributed by atoms with E-state index in [2.05, 4.69) is 34.6 Å². The molecule has 3 fully saturated rings. The minimum Gasteiger partial charge on any atom is -0.367 e. The van der Waals surface area contributed by atoms with Crippen LogP contribution in [0.3, 0.4) is 0 Å². The molecule has 2 amide bonds. The average Bonchev–Trinajstić information content (AvgIpc) is 3.04. The second-order valence-electron chi connectivity index (χ2n) is 7.17. The molecule has 2 N–H and O–H groups in total. The molecule has 0 unspecified atom stereocenters. The maximum Gasteiger partial charge on any atom is 0.319 e. The van der Waals surface area contributed by atoms with E-state index in [1.165, 1.54) is 0 Å². The highest BCUT2D eigenvalue weighted by Crippen LogP contribution is 2.57. The van der Waals surface area contributed by atoms with Crippen molar-refractivity contribution in [2.45, 2.75) is 37.9 Å². The Hall–Kier alpha value is -2.15. The molecule has 1 aliphatic carbocycles. The number of nitrogens with zero attached hydrogens (tertiary/aromatic N) is 3. The Labute approximate surface area is 134 Å². The molecule has 2 aromatic heterocycles. The summed E-state index contributed by atoms with van der Waals surface area (Å²) in [5.41, 5.74) is 1.21. The van der Waals surface area contributed by atoms with Crippen molar-refractivity contribution in [1.29, 1.82) is 0 Å². The van der Waals surface area contributed by atoms with Gasteiger partial charge in [-0.15, -0.1) is 0 Å². The quantitative estimate of drug-likeness (QED) is 0.908. The first-order valence-corrected chi connectivity index (χ1v) is 7.90. The highest BCUT2D eigenvalue weighted by atomic mass is 16.5. The van der Waals surface area contributed by atoms with Crippen LogP contribution in [0, 0.1) is 5.92 Å². The van der Waals surface area contributed by atoms with Crippen LogP contribution < -0.4 is 10.6 Å². The van der Waals surface area contributed by atoms with E-state index in [0.29, 0.717) is 18.2 Å². The lowest BCUT2D eigenvalue weighted by Crippen LogP contribution is -2.48. The van der Waals surface area contributed by atoms with Crippen molar-refractivity contribution in [3.63, 3.8) is 0 Å². The van der Waals surface area contributed by atoms with Crippen molar-refractivity contribution in [2.75, 3.05) is 11.9 Å². The Morgan fingerprint density at radius 1 is 1.48 bits per heavy atom. The third kappa shape index (κ3) is 2.26. The standard InChI is InChI=1S/C16H21N5O2/c1-15(2)10-6-16(7-10,23-15)9-18-14(22)20-12-4-5-17-13-11(12)8-19-21(13)3/h4-5,8,10H,6-7,9H2,1-3H3,(H2,17,18,20,22). The molecule has 1 saturated carbocycles. The molecule has 2 saturated heterocycles. The van der Waals surface area contributed by atoms with Gasteiger partial charge in [0.2, 0.25) is 0 Å². The number of nitrogens with one attached hydrogen (secondary N) is 2. The molecule has 7 nitrogen and oxygen atoms in total. The van der Waals surface area contributed by atoms with Crippen LogP contribution in [0.2, 0.25) is 0 Å². The number of pyridine rings is 1. The number of rotatable bonds is 3. The molecule has 2 aromatic rings. The third-order valence-electron chi connectivity index (χ3n) is 5.15. The molecule has 0 atom stereocenters. The van der Waals surface area contributed by atoms with Gasteiger partial charge in [-0.25, -0.2) is 9.78 Å². The number of hydrogen-bond acceptors (Lipinski definition) is 4. The van der Waals surface area contributed by atoms with Crippen LogP contribution in [0.4, 0.5) is 10.5 Å². The van der Waals surface area contributed by atoms with E-state index in [1.807, 2.05) is 7.05 Å². The molecule has 0 spiro atoms. The molecule has 2 bridgehead atoms. The summed E-state index contributed by atoms with van der Waals surface area (Å²) in [6, 6.07) is 1.55. The number of amides is 2. The summed E-state index contributed by atoms with van der Waals surface area (Å²) in [5.74, 6) is 0.613. The van der Waals surface area contributed by atoms with Gasteiger partial charge in [0.1, 0.15) is 0 Å². The van der Waals surface area contributed by atoms with Crippen LogP contribution >= 0.6 is 0 Å². The maximum absolute atomic E-state index is 12.2. The van der Waals surface area contributed by atoms with Crippen LogP contribution in [0.5, 0.6) is 0 Å². The number of aromatic nitrogens is 3. The van der Waals surface area contributed by atoms with Crippen molar-refractivity contribution < 1.29 is 9.53 Å². The zero-order chi connectivity index (χ0) is 16.2. The third-order valence-corrected chi connectivity index (χ3v) is 5.15. The van der Waals surface area contributed by atoms with Gasteiger partial charge in [0.15, 0.2) is 5.65 Å². The molecule has 23 heavy (non-hydrogen) atoms. The van der Waals surface area contributed by atoms with Gasteiger partial charge in [-0.1, -0.05) is 0 Å². The molecule has 4 heterocycles. The van der Waals surface area contributed by atoms with E-state index < -0.39 is 0 Å². The van der Waals surface area contributed by atoms with Crippen LogP contribution in [0.25, 0.3) is 11.0 Å². The summed E-state index contributed by atoms with van der Waals surface area (Å²) in [4.78, 5) is 16.5. The fourth-order valence-electron chi connectivity index (χ4n) is 3.80. The largest absolute Gasteiger partial charge is 0.367 e. The minimum atomic E-state index is -0.229. The summed E-state index contributed by atoms with van der Waals surface area (Å²) < 4.78 is 7.80. The number of aryl methyl sites for hydroxylation is 1. The van der Waals surface area contributed by atoms with Gasteiger partial charge in [0.25, 0.3) is 0 Å². The number of carbonyl (C=O) groups excluding carboxylic acids is 1. The maximum atomic E-state index is 12.2. The highest BCUT2D eigenvalue weighted by Gasteiger charge is 2.61. The molecule has 0 aromatic carbocycles. The second kappa shape index (κ2) is 4.67. The first-order valence-electron chi connectivity index (χ1n) is 7.90. The van der Waals surface area contributed by atoms with Crippen molar-refractivity contribution in [3.8, 4) is 0 Å². The molecule has 5 rings (SSSR count). The van der Waals surface area contributed by atoms with Gasteiger partial charge in [-0.3, -0.25) is 4.68 Å². The number of carbonyl (C=O) groups is 1. The second-order valence-corrected chi connectivity index (χ2v) is 7.17. The monoisotopic (exact) mass is 315 g/mol. The Morgan fingerprint density at radius 3 is 2.96 bits per heavy atom. The molecule has 2 aliphatic heterocycles. The van der Waals surface area contributed by atoms with Gasteiger partial charge in [-0.05, 0) is 38.7 Å². The van der Waals surface area contributed by atoms with Gasteiger partial charge < -0.3 is 15.4 Å². The van der Waals surface area contributed by atoms with E-state index in [-0.39, 0.29) is 17.2 Å². The zero-order valence-electron chi connectivity index (χ0n) is 13.6. The Bertz CT molecular complexity index is 776. The predicted molar refractivity (Wildman–Crippen MR) is 86.1 cm³/mol. The number of urea groups is 1. The smallest absolute Gasteiger partial charge is 0.319 e. The minimum absolute atomic E-state index is 0.0644. The Balaban J connectivity index is 1.41. The lowest BCUT2D eigenvalue weighted by atomic mass is 9.69. The zero-order valence-corrected chi connectivity index (χ0v) is 13.6. The van der Waals surface area contributed by atoms with Crippen LogP contribution in [-0.4, -0.2) is 38.5 Å². The number of ether oxygens (including phenoxy) is 1. The summed E-state index contributed by atoms with van der Waals surface area (Å²) >= 11 is 0. The highest BCUT2D eigenvalue weighted by molar-refractivity contribution is 5.99. The normalized spacial score (nSPS) is 27.7. The van der Waals surface area contributed by atoms with Crippen molar-refractivity contribution >= 4 is 22.8 Å². The van der Waals surface area contributed by atoms with E-state index in [9.17, 15) is 4.79 Å². The SMILES string of the molecule is Cn1ncc2c(NC(=O)NCC34CC(C3)C(C)(C)O4)ccnc21. The van der Waals surface area contributed by atoms with E-state index in [4.69, 9.17) is 4.74 Å². The first kappa shape index (κ1) is 14.4. The summed E-state index contributed by atoms with van der Waals surface area (Å²) in [7, 11) is 1.82. The number of anilines is 1. The van der Waals surface area contributed by atoms with E-state index in [0.717, 1.165) is 23.9 Å². The topological polar surface area (TPSA) is 81.1 Å². The van der Waals surface area contributed by atoms with Gasteiger partial charge in [0.05, 0.1) is 28.5 Å². The summed E-state index contributed by atoms with van der Waals surface area (Å²) in [6.45, 7) is 4.80. The Kier molecular flexibility index (Phi) is 2.93. The molecular formula is C16H21N5O2. The molecule has 3 aliphatic rings. The number of hydrogen-bond donors (Lipinski definition) is 2.